The zero-order valence-corrected chi connectivity index (χ0v) is 8.27. The highest BCUT2D eigenvalue weighted by molar-refractivity contribution is 5.91. The Morgan fingerprint density at radius 1 is 1.43 bits per heavy atom. The first-order chi connectivity index (χ1) is 6.77. The summed E-state index contributed by atoms with van der Waals surface area (Å²) < 4.78 is 4.77. The zero-order valence-electron chi connectivity index (χ0n) is 8.27. The summed E-state index contributed by atoms with van der Waals surface area (Å²) in [5, 5.41) is 11.4. The molecule has 0 saturated carbocycles. The molecule has 0 radical (unpaired) electrons. The Morgan fingerprint density at radius 3 is 2.71 bits per heavy atom. The van der Waals surface area contributed by atoms with Crippen molar-refractivity contribution in [3.8, 4) is 0 Å². The van der Waals surface area contributed by atoms with E-state index in [9.17, 15) is 0 Å². The normalized spacial score (nSPS) is 12.0. The minimum atomic E-state index is 0.188. The highest BCUT2D eigenvalue weighted by Crippen LogP contribution is 2.08. The van der Waals surface area contributed by atoms with Crippen molar-refractivity contribution in [1.29, 1.82) is 0 Å². The number of oxime groups is 1. The van der Waals surface area contributed by atoms with Gasteiger partial charge < -0.3 is 9.94 Å². The number of hydrogen-bond acceptors (Lipinski definition) is 3. The molecule has 74 valence electrons. The topological polar surface area (TPSA) is 41.8 Å². The fourth-order valence-corrected chi connectivity index (χ4v) is 1.08. The molecule has 3 heteroatoms. The summed E-state index contributed by atoms with van der Waals surface area (Å²) in [5.74, 6) is 0.188. The summed E-state index contributed by atoms with van der Waals surface area (Å²) >= 11 is 0. The van der Waals surface area contributed by atoms with E-state index in [4.69, 9.17) is 9.94 Å². The number of hydrogen-bond donors (Lipinski definition) is 1. The summed E-state index contributed by atoms with van der Waals surface area (Å²) in [4.78, 5) is 0. The lowest BCUT2D eigenvalue weighted by molar-refractivity contribution is 0.288. The molecule has 0 fully saturated rings. The van der Waals surface area contributed by atoms with E-state index in [-0.39, 0.29) is 5.90 Å². The second-order valence-electron chi connectivity index (χ2n) is 2.83. The lowest BCUT2D eigenvalue weighted by Crippen LogP contribution is -1.95. The van der Waals surface area contributed by atoms with E-state index < -0.39 is 0 Å². The minimum Gasteiger partial charge on any atom is -0.479 e. The van der Waals surface area contributed by atoms with Crippen LogP contribution in [0, 0.1) is 6.92 Å². The molecule has 0 aliphatic carbocycles. The van der Waals surface area contributed by atoms with Gasteiger partial charge in [0.05, 0.1) is 7.11 Å². The van der Waals surface area contributed by atoms with E-state index in [0.29, 0.717) is 0 Å². The Kier molecular flexibility index (Phi) is 3.73. The van der Waals surface area contributed by atoms with E-state index in [2.05, 4.69) is 5.16 Å². The van der Waals surface area contributed by atoms with Crippen LogP contribution in [0.1, 0.15) is 11.1 Å². The van der Waals surface area contributed by atoms with Crippen LogP contribution in [-0.2, 0) is 4.74 Å². The second kappa shape index (κ2) is 5.07. The van der Waals surface area contributed by atoms with Gasteiger partial charge in [-0.3, -0.25) is 0 Å². The third kappa shape index (κ3) is 2.62. The fraction of sp³-hybridized carbons (Fsp3) is 0.182. The minimum absolute atomic E-state index is 0.188. The summed E-state index contributed by atoms with van der Waals surface area (Å²) in [6.45, 7) is 2.02. The number of rotatable bonds is 2. The Morgan fingerprint density at radius 2 is 2.14 bits per heavy atom. The van der Waals surface area contributed by atoms with E-state index in [0.717, 1.165) is 11.1 Å². The van der Waals surface area contributed by atoms with E-state index in [1.54, 1.807) is 6.08 Å². The standard InChI is InChI=1S/C11H13NO2/c1-9-5-3-4-6-10(9)7-8-11(12-13)14-2/h3-8,13H,1-2H3/b8-7-,12-11+. The Balaban J connectivity index is 2.83. The molecule has 3 nitrogen and oxygen atoms in total. The molecule has 0 aliphatic heterocycles. The van der Waals surface area contributed by atoms with Gasteiger partial charge in [-0.05, 0) is 29.3 Å². The van der Waals surface area contributed by atoms with Crippen molar-refractivity contribution in [1.82, 2.24) is 0 Å². The molecule has 0 aliphatic rings. The molecule has 0 atom stereocenters. The van der Waals surface area contributed by atoms with Crippen LogP contribution in [0.4, 0.5) is 0 Å². The summed E-state index contributed by atoms with van der Waals surface area (Å²) in [6, 6.07) is 7.93. The average Bonchev–Trinajstić information content (AvgIpc) is 2.22. The largest absolute Gasteiger partial charge is 0.479 e. The monoisotopic (exact) mass is 191 g/mol. The van der Waals surface area contributed by atoms with Crippen molar-refractivity contribution in [2.45, 2.75) is 6.92 Å². The predicted molar refractivity (Wildman–Crippen MR) is 56.4 cm³/mol. The molecular weight excluding hydrogens is 178 g/mol. The number of methoxy groups -OCH3 is 1. The van der Waals surface area contributed by atoms with Crippen molar-refractivity contribution >= 4 is 12.0 Å². The maximum Gasteiger partial charge on any atom is 0.249 e. The summed E-state index contributed by atoms with van der Waals surface area (Å²) in [5.41, 5.74) is 2.24. The van der Waals surface area contributed by atoms with Crippen LogP contribution < -0.4 is 0 Å². The van der Waals surface area contributed by atoms with Gasteiger partial charge in [-0.25, -0.2) is 0 Å². The molecule has 14 heavy (non-hydrogen) atoms. The molecule has 0 aromatic heterocycles. The first-order valence-electron chi connectivity index (χ1n) is 4.27. The van der Waals surface area contributed by atoms with Gasteiger partial charge >= 0.3 is 0 Å². The molecule has 1 aromatic rings. The number of nitrogens with zero attached hydrogens (tertiary/aromatic N) is 1. The summed E-state index contributed by atoms with van der Waals surface area (Å²) in [7, 11) is 1.46. The van der Waals surface area contributed by atoms with Crippen LogP contribution in [0.25, 0.3) is 6.08 Å². The number of ether oxygens (including phenoxy) is 1. The second-order valence-corrected chi connectivity index (χ2v) is 2.83. The Labute approximate surface area is 83.3 Å². The Hall–Kier alpha value is -1.77. The average molecular weight is 191 g/mol. The molecule has 0 bridgehead atoms. The van der Waals surface area contributed by atoms with Crippen LogP contribution in [0.2, 0.25) is 0 Å². The first-order valence-corrected chi connectivity index (χ1v) is 4.27. The molecule has 0 amide bonds. The van der Waals surface area contributed by atoms with E-state index in [1.807, 2.05) is 37.3 Å². The van der Waals surface area contributed by atoms with Gasteiger partial charge in [-0.2, -0.15) is 0 Å². The van der Waals surface area contributed by atoms with Crippen LogP contribution in [0.3, 0.4) is 0 Å². The number of aryl methyl sites for hydroxylation is 1. The molecule has 0 heterocycles. The molecule has 1 N–H and O–H groups in total. The molecule has 0 spiro atoms. The van der Waals surface area contributed by atoms with Gasteiger partial charge in [-0.15, -0.1) is 0 Å². The zero-order chi connectivity index (χ0) is 10.4. The highest BCUT2D eigenvalue weighted by Gasteiger charge is 1.93. The van der Waals surface area contributed by atoms with Crippen LogP contribution >= 0.6 is 0 Å². The molecule has 0 saturated heterocycles. The van der Waals surface area contributed by atoms with Crippen LogP contribution in [0.15, 0.2) is 35.5 Å². The smallest absolute Gasteiger partial charge is 0.249 e. The van der Waals surface area contributed by atoms with Gasteiger partial charge in [-0.1, -0.05) is 24.3 Å². The van der Waals surface area contributed by atoms with Crippen molar-refractivity contribution in [2.24, 2.45) is 5.16 Å². The van der Waals surface area contributed by atoms with Gasteiger partial charge in [0, 0.05) is 6.08 Å². The molecule has 1 aromatic carbocycles. The van der Waals surface area contributed by atoms with E-state index >= 15 is 0 Å². The third-order valence-corrected chi connectivity index (χ3v) is 1.90. The van der Waals surface area contributed by atoms with Gasteiger partial charge in [0.2, 0.25) is 5.90 Å². The maximum absolute atomic E-state index is 8.49. The van der Waals surface area contributed by atoms with Crippen LogP contribution in [-0.4, -0.2) is 18.2 Å². The first kappa shape index (κ1) is 10.3. The molecule has 0 unspecified atom stereocenters. The van der Waals surface area contributed by atoms with Crippen molar-refractivity contribution < 1.29 is 9.94 Å². The van der Waals surface area contributed by atoms with Gasteiger partial charge in [0.15, 0.2) is 0 Å². The van der Waals surface area contributed by atoms with Gasteiger partial charge in [0.1, 0.15) is 0 Å². The summed E-state index contributed by atoms with van der Waals surface area (Å²) in [6.07, 6.45) is 3.45. The number of benzene rings is 1. The van der Waals surface area contributed by atoms with Crippen LogP contribution in [0.5, 0.6) is 0 Å². The van der Waals surface area contributed by atoms with Crippen molar-refractivity contribution in [3.05, 3.63) is 41.5 Å². The quantitative estimate of drug-likeness (QED) is 0.337. The lowest BCUT2D eigenvalue weighted by atomic mass is 10.1. The Bertz CT molecular complexity index is 356. The highest BCUT2D eigenvalue weighted by atomic mass is 16.5. The lowest BCUT2D eigenvalue weighted by Gasteiger charge is -1.98. The maximum atomic E-state index is 8.49. The third-order valence-electron chi connectivity index (χ3n) is 1.90. The van der Waals surface area contributed by atoms with Crippen molar-refractivity contribution in [2.75, 3.05) is 7.11 Å². The molecular formula is C11H13NO2. The fourth-order valence-electron chi connectivity index (χ4n) is 1.08. The molecule has 1 rings (SSSR count). The predicted octanol–water partition coefficient (Wildman–Crippen LogP) is 2.44. The SMILES string of the molecule is COC(/C=C\c1ccccc1C)=N/O. The van der Waals surface area contributed by atoms with E-state index in [1.165, 1.54) is 7.11 Å². The van der Waals surface area contributed by atoms with Gasteiger partial charge in [0.25, 0.3) is 0 Å². The van der Waals surface area contributed by atoms with Crippen molar-refractivity contribution in [3.63, 3.8) is 0 Å².